The number of methoxy groups -OCH3 is 1. The molecule has 19 heavy (non-hydrogen) atoms. The van der Waals surface area contributed by atoms with Gasteiger partial charge in [-0.15, -0.1) is 16.4 Å². The van der Waals surface area contributed by atoms with Crippen LogP contribution in [0.1, 0.15) is 22.4 Å². The Kier molecular flexibility index (Phi) is 5.50. The average molecular weight is 280 g/mol. The van der Waals surface area contributed by atoms with Crippen molar-refractivity contribution >= 4 is 11.3 Å². The molecule has 0 saturated heterocycles. The van der Waals surface area contributed by atoms with E-state index in [1.807, 2.05) is 22.2 Å². The molecule has 2 aromatic heterocycles. The molecule has 2 heterocycles. The second-order valence-electron chi connectivity index (χ2n) is 4.30. The van der Waals surface area contributed by atoms with E-state index in [4.69, 9.17) is 4.74 Å². The molecule has 0 aliphatic heterocycles. The third kappa shape index (κ3) is 4.41. The smallest absolute Gasteiger partial charge is 0.0965 e. The number of rotatable bonds is 8. The largest absolute Gasteiger partial charge is 0.383 e. The molecule has 0 amide bonds. The minimum atomic E-state index is 0.711. The molecule has 2 rings (SSSR count). The molecule has 0 bridgehead atoms. The van der Waals surface area contributed by atoms with Gasteiger partial charge >= 0.3 is 0 Å². The minimum Gasteiger partial charge on any atom is -0.383 e. The van der Waals surface area contributed by atoms with Gasteiger partial charge in [-0.1, -0.05) is 12.1 Å². The summed E-state index contributed by atoms with van der Waals surface area (Å²) in [6, 6.07) is 4.35. The van der Waals surface area contributed by atoms with E-state index in [0.717, 1.165) is 31.7 Å². The number of aromatic nitrogens is 3. The first-order valence-corrected chi connectivity index (χ1v) is 7.29. The zero-order chi connectivity index (χ0) is 13.5. The third-order valence-corrected chi connectivity index (χ3v) is 3.97. The number of hydrogen-bond donors (Lipinski definition) is 1. The molecule has 0 atom stereocenters. The van der Waals surface area contributed by atoms with Crippen molar-refractivity contribution in [2.45, 2.75) is 26.4 Å². The van der Waals surface area contributed by atoms with Crippen LogP contribution in [0.2, 0.25) is 0 Å². The number of hydrogen-bond acceptors (Lipinski definition) is 5. The van der Waals surface area contributed by atoms with Gasteiger partial charge in [0.2, 0.25) is 0 Å². The van der Waals surface area contributed by atoms with Crippen LogP contribution < -0.4 is 5.32 Å². The van der Waals surface area contributed by atoms with Crippen LogP contribution in [0.5, 0.6) is 0 Å². The maximum atomic E-state index is 4.97. The molecule has 5 nitrogen and oxygen atoms in total. The Balaban J connectivity index is 1.83. The lowest BCUT2D eigenvalue weighted by Crippen LogP contribution is -2.18. The normalized spacial score (nSPS) is 11.1. The summed E-state index contributed by atoms with van der Waals surface area (Å²) < 4.78 is 6.86. The lowest BCUT2D eigenvalue weighted by atomic mass is 10.3. The summed E-state index contributed by atoms with van der Waals surface area (Å²) in [6.45, 7) is 5.25. The second kappa shape index (κ2) is 7.37. The van der Waals surface area contributed by atoms with Crippen LogP contribution in [-0.4, -0.2) is 35.3 Å². The molecular formula is C13H20N4OS. The van der Waals surface area contributed by atoms with Gasteiger partial charge in [-0.25, -0.2) is 4.68 Å². The molecule has 0 fully saturated rings. The van der Waals surface area contributed by atoms with Gasteiger partial charge in [0.25, 0.3) is 0 Å². The highest BCUT2D eigenvalue weighted by Crippen LogP contribution is 2.17. The Bertz CT molecular complexity index is 494. The van der Waals surface area contributed by atoms with E-state index >= 15 is 0 Å². The van der Waals surface area contributed by atoms with E-state index in [-0.39, 0.29) is 0 Å². The Morgan fingerprint density at radius 1 is 1.37 bits per heavy atom. The lowest BCUT2D eigenvalue weighted by molar-refractivity contribution is 0.199. The van der Waals surface area contributed by atoms with E-state index in [1.54, 1.807) is 7.11 Å². The summed E-state index contributed by atoms with van der Waals surface area (Å²) in [7, 11) is 1.70. The van der Waals surface area contributed by atoms with Gasteiger partial charge in [0.05, 0.1) is 25.0 Å². The maximum absolute atomic E-state index is 4.97. The minimum absolute atomic E-state index is 0.711. The molecule has 6 heteroatoms. The topological polar surface area (TPSA) is 52.0 Å². The van der Waals surface area contributed by atoms with Crippen molar-refractivity contribution in [3.05, 3.63) is 33.8 Å². The van der Waals surface area contributed by atoms with Gasteiger partial charge < -0.3 is 10.1 Å². The highest BCUT2D eigenvalue weighted by Gasteiger charge is 2.03. The summed E-state index contributed by atoms with van der Waals surface area (Å²) in [5.41, 5.74) is 0.961. The quantitative estimate of drug-likeness (QED) is 0.748. The lowest BCUT2D eigenvalue weighted by Gasteiger charge is -1.99. The van der Waals surface area contributed by atoms with Crippen LogP contribution in [0.15, 0.2) is 18.3 Å². The van der Waals surface area contributed by atoms with Crippen molar-refractivity contribution < 1.29 is 4.74 Å². The molecule has 0 aromatic carbocycles. The molecule has 0 aliphatic rings. The number of nitrogens with one attached hydrogen (secondary N) is 1. The number of thiophene rings is 1. The summed E-state index contributed by atoms with van der Waals surface area (Å²) in [6.07, 6.45) is 3.09. The predicted octanol–water partition coefficient (Wildman–Crippen LogP) is 1.69. The zero-order valence-electron chi connectivity index (χ0n) is 11.4. The fourth-order valence-corrected chi connectivity index (χ4v) is 2.69. The average Bonchev–Trinajstić information content (AvgIpc) is 3.05. The predicted molar refractivity (Wildman–Crippen MR) is 76.4 cm³/mol. The molecule has 2 aromatic rings. The summed E-state index contributed by atoms with van der Waals surface area (Å²) in [5, 5.41) is 11.6. The molecule has 0 spiro atoms. The van der Waals surface area contributed by atoms with E-state index in [9.17, 15) is 0 Å². The summed E-state index contributed by atoms with van der Waals surface area (Å²) >= 11 is 1.84. The first kappa shape index (κ1) is 14.2. The van der Waals surface area contributed by atoms with Crippen LogP contribution >= 0.6 is 11.3 Å². The van der Waals surface area contributed by atoms with Gasteiger partial charge in [-0.2, -0.15) is 0 Å². The standard InChI is InChI=1S/C13H20N4OS/c1-3-12-4-5-13(19-12)10-17-9-11(15-16-17)8-14-6-7-18-2/h4-5,9,14H,3,6-8,10H2,1-2H3. The van der Waals surface area contributed by atoms with E-state index < -0.39 is 0 Å². The van der Waals surface area contributed by atoms with Crippen molar-refractivity contribution in [3.8, 4) is 0 Å². The Morgan fingerprint density at radius 2 is 2.21 bits per heavy atom. The van der Waals surface area contributed by atoms with Gasteiger partial charge in [0.15, 0.2) is 0 Å². The summed E-state index contributed by atoms with van der Waals surface area (Å²) in [4.78, 5) is 2.73. The van der Waals surface area contributed by atoms with Gasteiger partial charge in [-0.05, 0) is 18.6 Å². The molecule has 1 N–H and O–H groups in total. The van der Waals surface area contributed by atoms with Crippen molar-refractivity contribution in [1.82, 2.24) is 20.3 Å². The Hall–Kier alpha value is -1.24. The number of ether oxygens (including phenoxy) is 1. The van der Waals surface area contributed by atoms with Crippen LogP contribution in [0.3, 0.4) is 0 Å². The fraction of sp³-hybridized carbons (Fsp3) is 0.538. The maximum Gasteiger partial charge on any atom is 0.0965 e. The molecule has 0 aliphatic carbocycles. The first-order chi connectivity index (χ1) is 9.31. The van der Waals surface area contributed by atoms with Crippen LogP contribution in [0, 0.1) is 0 Å². The number of nitrogens with zero attached hydrogens (tertiary/aromatic N) is 3. The molecule has 0 unspecified atom stereocenters. The highest BCUT2D eigenvalue weighted by molar-refractivity contribution is 7.11. The SMILES string of the molecule is CCc1ccc(Cn2cc(CNCCOC)nn2)s1. The molecule has 104 valence electrons. The summed E-state index contributed by atoms with van der Waals surface area (Å²) in [5.74, 6) is 0. The molecule has 0 radical (unpaired) electrons. The number of aryl methyl sites for hydroxylation is 1. The van der Waals surface area contributed by atoms with Crippen LogP contribution in [0.25, 0.3) is 0 Å². The second-order valence-corrected chi connectivity index (χ2v) is 5.55. The monoisotopic (exact) mass is 280 g/mol. The van der Waals surface area contributed by atoms with Crippen molar-refractivity contribution in [2.75, 3.05) is 20.3 Å². The Labute approximate surface area is 117 Å². The first-order valence-electron chi connectivity index (χ1n) is 6.48. The van der Waals surface area contributed by atoms with Crippen molar-refractivity contribution in [1.29, 1.82) is 0 Å². The molecular weight excluding hydrogens is 260 g/mol. The molecule has 0 saturated carbocycles. The van der Waals surface area contributed by atoms with E-state index in [1.165, 1.54) is 9.75 Å². The van der Waals surface area contributed by atoms with Crippen LogP contribution in [0.4, 0.5) is 0 Å². The van der Waals surface area contributed by atoms with Crippen molar-refractivity contribution in [3.63, 3.8) is 0 Å². The van der Waals surface area contributed by atoms with Crippen molar-refractivity contribution in [2.24, 2.45) is 0 Å². The fourth-order valence-electron chi connectivity index (χ4n) is 1.74. The van der Waals surface area contributed by atoms with Gasteiger partial charge in [-0.3, -0.25) is 0 Å². The van der Waals surface area contributed by atoms with E-state index in [0.29, 0.717) is 6.61 Å². The third-order valence-electron chi connectivity index (χ3n) is 2.76. The van der Waals surface area contributed by atoms with Crippen LogP contribution in [-0.2, 0) is 24.2 Å². The zero-order valence-corrected chi connectivity index (χ0v) is 12.2. The Morgan fingerprint density at radius 3 is 2.95 bits per heavy atom. The van der Waals surface area contributed by atoms with Gasteiger partial charge in [0, 0.05) is 30.0 Å². The highest BCUT2D eigenvalue weighted by atomic mass is 32.1. The van der Waals surface area contributed by atoms with Gasteiger partial charge in [0.1, 0.15) is 0 Å². The van der Waals surface area contributed by atoms with E-state index in [2.05, 4.69) is 34.7 Å².